The predicted octanol–water partition coefficient (Wildman–Crippen LogP) is 2.94. The Morgan fingerprint density at radius 3 is 2.89 bits per heavy atom. The van der Waals surface area contributed by atoms with Gasteiger partial charge in [0.2, 0.25) is 0 Å². The fraction of sp³-hybridized carbons (Fsp3) is 0.417. The summed E-state index contributed by atoms with van der Waals surface area (Å²) in [4.78, 5) is 0. The largest absolute Gasteiger partial charge is 0.399 e. The first-order chi connectivity index (χ1) is 8.63. The molecule has 0 aliphatic heterocycles. The summed E-state index contributed by atoms with van der Waals surface area (Å²) in [5, 5.41) is 12.4. The van der Waals surface area contributed by atoms with Crippen LogP contribution in [0.3, 0.4) is 0 Å². The summed E-state index contributed by atoms with van der Waals surface area (Å²) in [6, 6.07) is 5.59. The predicted molar refractivity (Wildman–Crippen MR) is 72.3 cm³/mol. The van der Waals surface area contributed by atoms with E-state index in [1.54, 1.807) is 16.8 Å². The molecule has 0 saturated heterocycles. The number of hydrogen-bond donors (Lipinski definition) is 1. The molecule has 1 atom stereocenters. The van der Waals surface area contributed by atoms with Gasteiger partial charge in [0.1, 0.15) is 0 Å². The van der Waals surface area contributed by atoms with Gasteiger partial charge in [-0.15, -0.1) is 5.10 Å². The number of halogens is 1. The van der Waals surface area contributed by atoms with Crippen LogP contribution >= 0.6 is 11.6 Å². The molecule has 0 saturated carbocycles. The number of nitrogens with zero attached hydrogens (tertiary/aromatic N) is 4. The van der Waals surface area contributed by atoms with E-state index >= 15 is 0 Å². The maximum Gasteiger partial charge on any atom is 0.183 e. The molecule has 0 radical (unpaired) electrons. The van der Waals surface area contributed by atoms with E-state index in [-0.39, 0.29) is 6.04 Å². The molecule has 1 heterocycles. The first kappa shape index (κ1) is 12.8. The molecule has 2 aromatic rings. The molecule has 18 heavy (non-hydrogen) atoms. The molecule has 0 fully saturated rings. The SMILES string of the molecule is CCCC(C)n1nnnc1-c1ccc(N)cc1Cl. The van der Waals surface area contributed by atoms with Crippen molar-refractivity contribution < 1.29 is 0 Å². The van der Waals surface area contributed by atoms with E-state index in [2.05, 4.69) is 29.4 Å². The highest BCUT2D eigenvalue weighted by atomic mass is 35.5. The van der Waals surface area contributed by atoms with Crippen molar-refractivity contribution in [1.82, 2.24) is 20.2 Å². The smallest absolute Gasteiger partial charge is 0.183 e. The van der Waals surface area contributed by atoms with Gasteiger partial charge in [0.15, 0.2) is 5.82 Å². The molecule has 1 unspecified atom stereocenters. The highest BCUT2D eigenvalue weighted by Crippen LogP contribution is 2.29. The van der Waals surface area contributed by atoms with Crippen molar-refractivity contribution in [1.29, 1.82) is 0 Å². The second-order valence-electron chi connectivity index (χ2n) is 4.32. The third-order valence-corrected chi connectivity index (χ3v) is 3.16. The molecule has 0 bridgehead atoms. The first-order valence-corrected chi connectivity index (χ1v) is 6.34. The topological polar surface area (TPSA) is 69.6 Å². The summed E-state index contributed by atoms with van der Waals surface area (Å²) < 4.78 is 1.81. The van der Waals surface area contributed by atoms with Gasteiger partial charge in [-0.1, -0.05) is 24.9 Å². The van der Waals surface area contributed by atoms with Crippen molar-refractivity contribution in [2.24, 2.45) is 0 Å². The molecule has 2 rings (SSSR count). The van der Waals surface area contributed by atoms with Crippen LogP contribution in [0.15, 0.2) is 18.2 Å². The Labute approximate surface area is 111 Å². The molecule has 6 heteroatoms. The molecule has 0 spiro atoms. The summed E-state index contributed by atoms with van der Waals surface area (Å²) in [5.41, 5.74) is 7.12. The fourth-order valence-corrected chi connectivity index (χ4v) is 2.19. The molecule has 0 aliphatic rings. The van der Waals surface area contributed by atoms with Crippen LogP contribution in [0.1, 0.15) is 32.7 Å². The zero-order chi connectivity index (χ0) is 13.1. The Morgan fingerprint density at radius 1 is 1.44 bits per heavy atom. The Kier molecular flexibility index (Phi) is 3.81. The molecule has 1 aromatic heterocycles. The summed E-state index contributed by atoms with van der Waals surface area (Å²) in [6.07, 6.45) is 2.10. The number of anilines is 1. The minimum Gasteiger partial charge on any atom is -0.399 e. The van der Waals surface area contributed by atoms with Gasteiger partial charge in [0.05, 0.1) is 11.1 Å². The molecule has 1 aromatic carbocycles. The van der Waals surface area contributed by atoms with Crippen LogP contribution in [0.25, 0.3) is 11.4 Å². The average molecular weight is 266 g/mol. The van der Waals surface area contributed by atoms with Crippen LogP contribution in [0, 0.1) is 0 Å². The Balaban J connectivity index is 2.42. The van der Waals surface area contributed by atoms with Crippen molar-refractivity contribution in [3.8, 4) is 11.4 Å². The van der Waals surface area contributed by atoms with E-state index in [0.29, 0.717) is 16.5 Å². The van der Waals surface area contributed by atoms with Crippen molar-refractivity contribution in [2.75, 3.05) is 5.73 Å². The molecule has 0 aliphatic carbocycles. The fourth-order valence-electron chi connectivity index (χ4n) is 1.92. The lowest BCUT2D eigenvalue weighted by molar-refractivity contribution is 0.447. The number of nitrogens with two attached hydrogens (primary N) is 1. The highest BCUT2D eigenvalue weighted by molar-refractivity contribution is 6.33. The van der Waals surface area contributed by atoms with E-state index in [1.165, 1.54) is 0 Å². The zero-order valence-electron chi connectivity index (χ0n) is 10.5. The number of hydrogen-bond acceptors (Lipinski definition) is 4. The van der Waals surface area contributed by atoms with E-state index in [9.17, 15) is 0 Å². The number of tetrazole rings is 1. The van der Waals surface area contributed by atoms with Gasteiger partial charge in [-0.2, -0.15) is 0 Å². The minimum absolute atomic E-state index is 0.244. The van der Waals surface area contributed by atoms with Crippen molar-refractivity contribution in [3.05, 3.63) is 23.2 Å². The summed E-state index contributed by atoms with van der Waals surface area (Å²) in [7, 11) is 0. The third-order valence-electron chi connectivity index (χ3n) is 2.85. The van der Waals surface area contributed by atoms with Crippen LogP contribution in [-0.2, 0) is 0 Å². The van der Waals surface area contributed by atoms with Gasteiger partial charge in [-0.3, -0.25) is 0 Å². The lowest BCUT2D eigenvalue weighted by Gasteiger charge is -2.12. The highest BCUT2D eigenvalue weighted by Gasteiger charge is 2.16. The second-order valence-corrected chi connectivity index (χ2v) is 4.73. The minimum atomic E-state index is 0.244. The van der Waals surface area contributed by atoms with Gasteiger partial charge >= 0.3 is 0 Å². The van der Waals surface area contributed by atoms with Crippen LogP contribution in [0.4, 0.5) is 5.69 Å². The number of rotatable bonds is 4. The lowest BCUT2D eigenvalue weighted by Crippen LogP contribution is -2.09. The molecular formula is C12H16ClN5. The van der Waals surface area contributed by atoms with E-state index < -0.39 is 0 Å². The monoisotopic (exact) mass is 265 g/mol. The summed E-state index contributed by atoms with van der Waals surface area (Å²) in [6.45, 7) is 4.23. The Morgan fingerprint density at radius 2 is 2.22 bits per heavy atom. The van der Waals surface area contributed by atoms with Gasteiger partial charge in [0, 0.05) is 11.3 Å². The normalized spacial score (nSPS) is 12.6. The Hall–Kier alpha value is -1.62. The quantitative estimate of drug-likeness (QED) is 0.863. The van der Waals surface area contributed by atoms with Crippen LogP contribution in [0.5, 0.6) is 0 Å². The molecule has 96 valence electrons. The van der Waals surface area contributed by atoms with Gasteiger partial charge in [0.25, 0.3) is 0 Å². The maximum atomic E-state index is 6.19. The zero-order valence-corrected chi connectivity index (χ0v) is 11.2. The third kappa shape index (κ3) is 2.46. The lowest BCUT2D eigenvalue weighted by atomic mass is 10.1. The summed E-state index contributed by atoms with van der Waals surface area (Å²) >= 11 is 6.19. The second kappa shape index (κ2) is 5.35. The van der Waals surface area contributed by atoms with Crippen molar-refractivity contribution in [2.45, 2.75) is 32.7 Å². The molecule has 2 N–H and O–H groups in total. The van der Waals surface area contributed by atoms with E-state index in [4.69, 9.17) is 17.3 Å². The van der Waals surface area contributed by atoms with Crippen molar-refractivity contribution >= 4 is 17.3 Å². The molecular weight excluding hydrogens is 250 g/mol. The van der Waals surface area contributed by atoms with Crippen molar-refractivity contribution in [3.63, 3.8) is 0 Å². The van der Waals surface area contributed by atoms with E-state index in [1.807, 2.05) is 6.07 Å². The van der Waals surface area contributed by atoms with Crippen LogP contribution in [0.2, 0.25) is 5.02 Å². The average Bonchev–Trinajstić information content (AvgIpc) is 2.78. The van der Waals surface area contributed by atoms with Gasteiger partial charge in [-0.05, 0) is 42.0 Å². The summed E-state index contributed by atoms with van der Waals surface area (Å²) in [5.74, 6) is 0.681. The maximum absolute atomic E-state index is 6.19. The Bertz CT molecular complexity index is 537. The van der Waals surface area contributed by atoms with Crippen LogP contribution < -0.4 is 5.73 Å². The molecule has 0 amide bonds. The number of aromatic nitrogens is 4. The molecule has 5 nitrogen and oxygen atoms in total. The van der Waals surface area contributed by atoms with E-state index in [0.717, 1.165) is 18.4 Å². The number of benzene rings is 1. The standard InChI is InChI=1S/C12H16ClN5/c1-3-4-8(2)18-12(15-16-17-18)10-6-5-9(14)7-11(10)13/h5-8H,3-4,14H2,1-2H3. The van der Waals surface area contributed by atoms with Crippen LogP contribution in [-0.4, -0.2) is 20.2 Å². The van der Waals surface area contributed by atoms with Gasteiger partial charge in [-0.25, -0.2) is 4.68 Å². The number of nitrogen functional groups attached to an aromatic ring is 1. The first-order valence-electron chi connectivity index (χ1n) is 5.96. The van der Waals surface area contributed by atoms with Gasteiger partial charge < -0.3 is 5.73 Å².